The van der Waals surface area contributed by atoms with Crippen molar-refractivity contribution in [3.8, 4) is 5.75 Å². The fourth-order valence-electron chi connectivity index (χ4n) is 3.76. The standard InChI is InChI=1S/C30H17Br2Cl2N3O4S/c31-19-5-1-17(2-6-19)30(40)41-24-12-7-20(32)13-18(24)15-35-37-28(38)16-3-9-22(10-4-16)36-29(39)27-26(34)23-11-8-21(33)14-25(23)42-27/h1-15H,(H,36,39)(H,37,38)/b35-15-. The Bertz CT molecular complexity index is 1860. The monoisotopic (exact) mass is 743 g/mol. The minimum Gasteiger partial charge on any atom is -0.422 e. The molecule has 210 valence electrons. The molecular formula is C30H17Br2Cl2N3O4S. The van der Waals surface area contributed by atoms with E-state index in [1.165, 1.54) is 17.6 Å². The Balaban J connectivity index is 1.22. The molecule has 0 atom stereocenters. The van der Waals surface area contributed by atoms with Gasteiger partial charge in [-0.25, -0.2) is 10.2 Å². The maximum absolute atomic E-state index is 12.8. The lowest BCUT2D eigenvalue weighted by Gasteiger charge is -2.08. The number of benzene rings is 4. The summed E-state index contributed by atoms with van der Waals surface area (Å²) >= 11 is 20.4. The molecule has 0 aliphatic rings. The van der Waals surface area contributed by atoms with Crippen LogP contribution in [-0.4, -0.2) is 24.0 Å². The Labute approximate surface area is 270 Å². The summed E-state index contributed by atoms with van der Waals surface area (Å²) in [4.78, 5) is 38.4. The van der Waals surface area contributed by atoms with Crippen molar-refractivity contribution in [2.24, 2.45) is 5.10 Å². The third-order valence-electron chi connectivity index (χ3n) is 5.83. The number of halogens is 4. The summed E-state index contributed by atoms with van der Waals surface area (Å²) in [6.07, 6.45) is 1.38. The van der Waals surface area contributed by atoms with Crippen molar-refractivity contribution >= 4 is 106 Å². The SMILES string of the molecule is O=C(N/N=C\c1cc(Br)ccc1OC(=O)c1ccc(Br)cc1)c1ccc(NC(=O)c2sc3cc(Cl)ccc3c2Cl)cc1. The molecule has 0 saturated heterocycles. The molecule has 1 heterocycles. The predicted molar refractivity (Wildman–Crippen MR) is 175 cm³/mol. The van der Waals surface area contributed by atoms with Crippen LogP contribution in [0.15, 0.2) is 99.0 Å². The second-order valence-corrected chi connectivity index (χ2v) is 12.4. The first-order valence-electron chi connectivity index (χ1n) is 12.1. The second kappa shape index (κ2) is 13.2. The van der Waals surface area contributed by atoms with E-state index in [1.807, 2.05) is 0 Å². The van der Waals surface area contributed by atoms with Gasteiger partial charge in [0, 0.05) is 40.9 Å². The highest BCUT2D eigenvalue weighted by atomic mass is 79.9. The van der Waals surface area contributed by atoms with Gasteiger partial charge in [-0.3, -0.25) is 9.59 Å². The summed E-state index contributed by atoms with van der Waals surface area (Å²) < 4.78 is 7.93. The van der Waals surface area contributed by atoms with E-state index < -0.39 is 11.9 Å². The van der Waals surface area contributed by atoms with Crippen LogP contribution < -0.4 is 15.5 Å². The van der Waals surface area contributed by atoms with Crippen molar-refractivity contribution in [3.05, 3.63) is 125 Å². The number of amides is 2. The number of fused-ring (bicyclic) bond motifs is 1. The van der Waals surface area contributed by atoms with Gasteiger partial charge in [0.15, 0.2) is 0 Å². The highest BCUT2D eigenvalue weighted by Gasteiger charge is 2.18. The zero-order valence-corrected chi connectivity index (χ0v) is 26.7. The summed E-state index contributed by atoms with van der Waals surface area (Å²) in [5, 5.41) is 8.48. The molecule has 0 fully saturated rings. The summed E-state index contributed by atoms with van der Waals surface area (Å²) in [5.41, 5.74) is 4.10. The van der Waals surface area contributed by atoms with E-state index in [1.54, 1.807) is 84.9 Å². The molecule has 2 amide bonds. The van der Waals surface area contributed by atoms with E-state index in [-0.39, 0.29) is 11.7 Å². The smallest absolute Gasteiger partial charge is 0.343 e. The highest BCUT2D eigenvalue weighted by Crippen LogP contribution is 2.37. The summed E-state index contributed by atoms with van der Waals surface area (Å²) in [6.45, 7) is 0. The number of nitrogens with zero attached hydrogens (tertiary/aromatic N) is 1. The first kappa shape index (κ1) is 29.9. The van der Waals surface area contributed by atoms with Crippen LogP contribution in [-0.2, 0) is 0 Å². The molecule has 5 rings (SSSR count). The van der Waals surface area contributed by atoms with Crippen LogP contribution in [0.1, 0.15) is 36.0 Å². The Morgan fingerprint density at radius 2 is 1.50 bits per heavy atom. The zero-order chi connectivity index (χ0) is 29.8. The first-order chi connectivity index (χ1) is 20.2. The molecule has 1 aromatic heterocycles. The van der Waals surface area contributed by atoms with Gasteiger partial charge in [0.25, 0.3) is 11.8 Å². The van der Waals surface area contributed by atoms with Crippen LogP contribution in [0.5, 0.6) is 5.75 Å². The fourth-order valence-corrected chi connectivity index (χ4v) is 6.09. The highest BCUT2D eigenvalue weighted by molar-refractivity contribution is 9.10. The van der Waals surface area contributed by atoms with Gasteiger partial charge in [-0.15, -0.1) is 11.3 Å². The van der Waals surface area contributed by atoms with Crippen LogP contribution in [0.25, 0.3) is 10.1 Å². The van der Waals surface area contributed by atoms with Crippen molar-refractivity contribution in [1.82, 2.24) is 5.43 Å². The molecule has 0 unspecified atom stereocenters. The van der Waals surface area contributed by atoms with E-state index in [2.05, 4.69) is 47.7 Å². The number of ether oxygens (including phenoxy) is 1. The molecule has 42 heavy (non-hydrogen) atoms. The zero-order valence-electron chi connectivity index (χ0n) is 21.2. The molecule has 5 aromatic rings. The summed E-state index contributed by atoms with van der Waals surface area (Å²) in [6, 6.07) is 23.4. The van der Waals surface area contributed by atoms with Gasteiger partial charge >= 0.3 is 5.97 Å². The Morgan fingerprint density at radius 3 is 2.24 bits per heavy atom. The van der Waals surface area contributed by atoms with Crippen LogP contribution in [0.3, 0.4) is 0 Å². The van der Waals surface area contributed by atoms with Gasteiger partial charge < -0.3 is 10.1 Å². The van der Waals surface area contributed by atoms with Gasteiger partial charge in [-0.05, 0) is 78.9 Å². The van der Waals surface area contributed by atoms with Crippen molar-refractivity contribution in [1.29, 1.82) is 0 Å². The number of carbonyl (C=O) groups excluding carboxylic acids is 3. The minimum atomic E-state index is -0.533. The maximum atomic E-state index is 12.8. The van der Waals surface area contributed by atoms with E-state index in [4.69, 9.17) is 27.9 Å². The lowest BCUT2D eigenvalue weighted by Crippen LogP contribution is -2.18. The van der Waals surface area contributed by atoms with Crippen LogP contribution in [0.4, 0.5) is 5.69 Å². The van der Waals surface area contributed by atoms with Crippen molar-refractivity contribution in [2.75, 3.05) is 5.32 Å². The van der Waals surface area contributed by atoms with Crippen LogP contribution in [0.2, 0.25) is 10.0 Å². The number of hydrogen-bond donors (Lipinski definition) is 2. The molecule has 0 radical (unpaired) electrons. The van der Waals surface area contributed by atoms with Crippen molar-refractivity contribution in [3.63, 3.8) is 0 Å². The fraction of sp³-hybridized carbons (Fsp3) is 0. The Morgan fingerprint density at radius 1 is 0.810 bits per heavy atom. The second-order valence-electron chi connectivity index (χ2n) is 8.69. The topological polar surface area (TPSA) is 96.9 Å². The molecule has 0 spiro atoms. The lowest BCUT2D eigenvalue weighted by molar-refractivity contribution is 0.0733. The van der Waals surface area contributed by atoms with Crippen molar-refractivity contribution < 1.29 is 19.1 Å². The number of thiophene rings is 1. The summed E-state index contributed by atoms with van der Waals surface area (Å²) in [5.74, 6) is -1.11. The van der Waals surface area contributed by atoms with Crippen LogP contribution in [0, 0.1) is 0 Å². The normalized spacial score (nSPS) is 11.0. The molecule has 0 saturated carbocycles. The molecule has 0 aliphatic carbocycles. The number of anilines is 1. The minimum absolute atomic E-state index is 0.269. The number of hydrogen-bond acceptors (Lipinski definition) is 6. The van der Waals surface area contributed by atoms with Crippen LogP contribution >= 0.6 is 66.4 Å². The molecular weight excluding hydrogens is 729 g/mol. The van der Waals surface area contributed by atoms with Gasteiger partial charge in [0.2, 0.25) is 0 Å². The number of carbonyl (C=O) groups is 3. The van der Waals surface area contributed by atoms with Crippen molar-refractivity contribution in [2.45, 2.75) is 0 Å². The number of nitrogens with one attached hydrogen (secondary N) is 2. The van der Waals surface area contributed by atoms with E-state index >= 15 is 0 Å². The summed E-state index contributed by atoms with van der Waals surface area (Å²) in [7, 11) is 0. The molecule has 0 aliphatic heterocycles. The number of rotatable bonds is 7. The maximum Gasteiger partial charge on any atom is 0.343 e. The van der Waals surface area contributed by atoms with Gasteiger partial charge in [0.05, 0.1) is 16.8 Å². The molecule has 0 bridgehead atoms. The first-order valence-corrected chi connectivity index (χ1v) is 15.2. The molecule has 4 aromatic carbocycles. The molecule has 12 heteroatoms. The van der Waals surface area contributed by atoms with E-state index in [0.29, 0.717) is 37.3 Å². The van der Waals surface area contributed by atoms with Gasteiger partial charge in [-0.1, -0.05) is 61.1 Å². The number of hydrazone groups is 1. The third kappa shape index (κ3) is 7.08. The molecule has 2 N–H and O–H groups in total. The molecule has 7 nitrogen and oxygen atoms in total. The predicted octanol–water partition coefficient (Wildman–Crippen LogP) is 8.97. The average molecular weight is 746 g/mol. The van der Waals surface area contributed by atoms with Gasteiger partial charge in [0.1, 0.15) is 10.6 Å². The number of esters is 1. The average Bonchev–Trinajstić information content (AvgIpc) is 3.30. The van der Waals surface area contributed by atoms with E-state index in [0.717, 1.165) is 19.0 Å². The lowest BCUT2D eigenvalue weighted by atomic mass is 10.2. The van der Waals surface area contributed by atoms with Gasteiger partial charge in [-0.2, -0.15) is 5.10 Å². The quantitative estimate of drug-likeness (QED) is 0.0753. The van der Waals surface area contributed by atoms with E-state index in [9.17, 15) is 14.4 Å². The third-order valence-corrected chi connectivity index (χ3v) is 8.74. The Hall–Kier alpha value is -3.54. The Kier molecular flexibility index (Phi) is 9.40. The largest absolute Gasteiger partial charge is 0.422 e.